The van der Waals surface area contributed by atoms with E-state index in [1.165, 1.54) is 17.0 Å². The Hall–Kier alpha value is -1.76. The predicted molar refractivity (Wildman–Crippen MR) is 72.6 cm³/mol. The van der Waals surface area contributed by atoms with Crippen LogP contribution < -0.4 is 4.90 Å². The van der Waals surface area contributed by atoms with Crippen LogP contribution in [0.25, 0.3) is 0 Å². The molecule has 0 radical (unpaired) electrons. The Morgan fingerprint density at radius 3 is 2.45 bits per heavy atom. The van der Waals surface area contributed by atoms with Crippen LogP contribution in [0.4, 0.5) is 10.5 Å². The maximum atomic E-state index is 12.1. The molecule has 2 aliphatic rings. The minimum Gasteiger partial charge on any atom is -0.508 e. The number of ether oxygens (including phenoxy) is 1. The highest BCUT2D eigenvalue weighted by atomic mass is 32.2. The minimum atomic E-state index is -3.09. The van der Waals surface area contributed by atoms with E-state index in [0.717, 1.165) is 0 Å². The molecule has 1 atom stereocenters. The molecule has 2 heterocycles. The van der Waals surface area contributed by atoms with Crippen LogP contribution in [0, 0.1) is 0 Å². The van der Waals surface area contributed by atoms with Gasteiger partial charge in [0.25, 0.3) is 0 Å². The van der Waals surface area contributed by atoms with Crippen LogP contribution in [0.15, 0.2) is 24.3 Å². The van der Waals surface area contributed by atoms with Crippen molar-refractivity contribution < 1.29 is 23.1 Å². The zero-order valence-corrected chi connectivity index (χ0v) is 11.6. The zero-order valence-electron chi connectivity index (χ0n) is 10.8. The molecule has 20 heavy (non-hydrogen) atoms. The number of phenols is 1. The van der Waals surface area contributed by atoms with Crippen LogP contribution in [0.5, 0.6) is 5.75 Å². The zero-order chi connectivity index (χ0) is 14.4. The molecule has 0 bridgehead atoms. The van der Waals surface area contributed by atoms with E-state index in [2.05, 4.69) is 0 Å². The van der Waals surface area contributed by atoms with Gasteiger partial charge in [0.05, 0.1) is 11.5 Å². The molecule has 7 heteroatoms. The number of carbonyl (C=O) groups is 1. The summed E-state index contributed by atoms with van der Waals surface area (Å²) in [5, 5.41) is 9.24. The Labute approximate surface area is 116 Å². The molecule has 3 rings (SSSR count). The van der Waals surface area contributed by atoms with Gasteiger partial charge in [0.2, 0.25) is 0 Å². The molecule has 1 amide bonds. The van der Waals surface area contributed by atoms with Crippen LogP contribution in [0.2, 0.25) is 0 Å². The van der Waals surface area contributed by atoms with Gasteiger partial charge in [0.15, 0.2) is 9.84 Å². The van der Waals surface area contributed by atoms with Gasteiger partial charge in [0.1, 0.15) is 11.4 Å². The number of rotatable bonds is 1. The summed E-state index contributed by atoms with van der Waals surface area (Å²) in [4.78, 5) is 13.6. The first-order chi connectivity index (χ1) is 9.39. The van der Waals surface area contributed by atoms with Crippen molar-refractivity contribution in [3.63, 3.8) is 0 Å². The third kappa shape index (κ3) is 2.33. The smallest absolute Gasteiger partial charge is 0.414 e. The molecule has 108 valence electrons. The van der Waals surface area contributed by atoms with Crippen molar-refractivity contribution in [3.05, 3.63) is 24.3 Å². The fraction of sp³-hybridized carbons (Fsp3) is 0.462. The molecule has 1 aromatic rings. The van der Waals surface area contributed by atoms with Crippen LogP contribution >= 0.6 is 0 Å². The lowest BCUT2D eigenvalue weighted by Crippen LogP contribution is -2.50. The highest BCUT2D eigenvalue weighted by molar-refractivity contribution is 7.91. The average molecular weight is 297 g/mol. The molecule has 0 saturated carbocycles. The summed E-state index contributed by atoms with van der Waals surface area (Å²) in [6, 6.07) is 6.24. The lowest BCUT2D eigenvalue weighted by molar-refractivity contribution is 0.0150. The summed E-state index contributed by atoms with van der Waals surface area (Å²) in [6.45, 7) is 0.416. The predicted octanol–water partition coefficient (Wildman–Crippen LogP) is 1.30. The Bertz CT molecular complexity index is 639. The molecule has 1 spiro atoms. The topological polar surface area (TPSA) is 83.9 Å². The van der Waals surface area contributed by atoms with E-state index in [0.29, 0.717) is 25.1 Å². The molecular formula is C13H15NO5S. The fourth-order valence-corrected chi connectivity index (χ4v) is 4.71. The number of hydrogen-bond donors (Lipinski definition) is 1. The first kappa shape index (κ1) is 13.2. The third-order valence-corrected chi connectivity index (χ3v) is 5.62. The maximum absolute atomic E-state index is 12.1. The van der Waals surface area contributed by atoms with E-state index in [-0.39, 0.29) is 17.3 Å². The van der Waals surface area contributed by atoms with E-state index in [1.807, 2.05) is 0 Å². The van der Waals surface area contributed by atoms with Gasteiger partial charge in [-0.2, -0.15) is 0 Å². The molecule has 2 fully saturated rings. The van der Waals surface area contributed by atoms with Crippen LogP contribution in [-0.4, -0.2) is 43.3 Å². The Balaban J connectivity index is 1.78. The molecule has 0 aromatic heterocycles. The summed E-state index contributed by atoms with van der Waals surface area (Å²) in [7, 11) is -3.09. The summed E-state index contributed by atoms with van der Waals surface area (Å²) in [5.74, 6) is 0.131. The maximum Gasteiger partial charge on any atom is 0.414 e. The number of sulfone groups is 1. The number of aromatic hydroxyl groups is 1. The van der Waals surface area contributed by atoms with Crippen molar-refractivity contribution in [1.82, 2.24) is 0 Å². The molecule has 0 aliphatic carbocycles. The van der Waals surface area contributed by atoms with Crippen molar-refractivity contribution in [3.8, 4) is 5.75 Å². The lowest BCUT2D eigenvalue weighted by Gasteiger charge is -2.38. The Morgan fingerprint density at radius 2 is 1.90 bits per heavy atom. The van der Waals surface area contributed by atoms with Gasteiger partial charge >= 0.3 is 6.09 Å². The number of amides is 1. The molecule has 2 saturated heterocycles. The number of phenolic OH excluding ortho intramolecular Hbond substituents is 1. The van der Waals surface area contributed by atoms with Crippen molar-refractivity contribution in [1.29, 1.82) is 0 Å². The monoisotopic (exact) mass is 297 g/mol. The van der Waals surface area contributed by atoms with E-state index in [1.54, 1.807) is 12.1 Å². The lowest BCUT2D eigenvalue weighted by atomic mass is 9.97. The van der Waals surface area contributed by atoms with Crippen LogP contribution in [-0.2, 0) is 14.6 Å². The Kier molecular flexibility index (Phi) is 2.89. The SMILES string of the molecule is O=C1OC2(CCN1c1ccc(O)cc1)CCS(=O)(=O)C2. The van der Waals surface area contributed by atoms with Gasteiger partial charge in [-0.15, -0.1) is 0 Å². The highest BCUT2D eigenvalue weighted by Gasteiger charge is 2.49. The second-order valence-electron chi connectivity index (χ2n) is 5.31. The number of carbonyl (C=O) groups excluding carboxylic acids is 1. The van der Waals surface area contributed by atoms with E-state index >= 15 is 0 Å². The van der Waals surface area contributed by atoms with E-state index in [9.17, 15) is 18.3 Å². The van der Waals surface area contributed by atoms with Gasteiger partial charge in [-0.05, 0) is 24.3 Å². The fourth-order valence-electron chi connectivity index (χ4n) is 2.73. The van der Waals surface area contributed by atoms with Crippen molar-refractivity contribution in [2.45, 2.75) is 18.4 Å². The van der Waals surface area contributed by atoms with Gasteiger partial charge in [-0.3, -0.25) is 4.90 Å². The molecule has 1 unspecified atom stereocenters. The largest absolute Gasteiger partial charge is 0.508 e. The molecular weight excluding hydrogens is 282 g/mol. The quantitative estimate of drug-likeness (QED) is 0.844. The Morgan fingerprint density at radius 1 is 1.20 bits per heavy atom. The molecule has 6 nitrogen and oxygen atoms in total. The van der Waals surface area contributed by atoms with Gasteiger partial charge in [-0.1, -0.05) is 0 Å². The van der Waals surface area contributed by atoms with E-state index < -0.39 is 21.5 Å². The highest BCUT2D eigenvalue weighted by Crippen LogP contribution is 2.36. The normalized spacial score (nSPS) is 28.6. The third-order valence-electron chi connectivity index (χ3n) is 3.83. The second-order valence-corrected chi connectivity index (χ2v) is 7.50. The molecule has 2 aliphatic heterocycles. The molecule has 1 N–H and O–H groups in total. The van der Waals surface area contributed by atoms with E-state index in [4.69, 9.17) is 4.74 Å². The number of nitrogens with zero attached hydrogens (tertiary/aromatic N) is 1. The average Bonchev–Trinajstić information content (AvgIpc) is 2.66. The first-order valence-corrected chi connectivity index (χ1v) is 8.21. The first-order valence-electron chi connectivity index (χ1n) is 6.39. The molecule has 1 aromatic carbocycles. The number of hydrogen-bond acceptors (Lipinski definition) is 5. The van der Waals surface area contributed by atoms with Crippen molar-refractivity contribution in [2.75, 3.05) is 23.0 Å². The van der Waals surface area contributed by atoms with Gasteiger partial charge in [0, 0.05) is 25.1 Å². The minimum absolute atomic E-state index is 0.0742. The van der Waals surface area contributed by atoms with Gasteiger partial charge in [-0.25, -0.2) is 13.2 Å². The second kappa shape index (κ2) is 4.37. The van der Waals surface area contributed by atoms with Crippen molar-refractivity contribution >= 4 is 21.6 Å². The summed E-state index contributed by atoms with van der Waals surface area (Å²) in [5.41, 5.74) is -0.216. The van der Waals surface area contributed by atoms with Gasteiger partial charge < -0.3 is 9.84 Å². The summed E-state index contributed by atoms with van der Waals surface area (Å²) >= 11 is 0. The number of anilines is 1. The number of benzene rings is 1. The van der Waals surface area contributed by atoms with Crippen molar-refractivity contribution in [2.24, 2.45) is 0 Å². The summed E-state index contributed by atoms with van der Waals surface area (Å²) in [6.07, 6.45) is 0.350. The standard InChI is InChI=1S/C13H15NO5S/c15-11-3-1-10(2-4-11)14-7-5-13(19-12(14)16)6-8-20(17,18)9-13/h1-4,15H,5-9H2. The summed E-state index contributed by atoms with van der Waals surface area (Å²) < 4.78 is 28.5. The van der Waals surface area contributed by atoms with Crippen LogP contribution in [0.1, 0.15) is 12.8 Å². The van der Waals surface area contributed by atoms with Crippen LogP contribution in [0.3, 0.4) is 0 Å².